The van der Waals surface area contributed by atoms with E-state index in [9.17, 15) is 9.90 Å². The van der Waals surface area contributed by atoms with Gasteiger partial charge in [-0.05, 0) is 101 Å². The molecule has 3 aliphatic rings. The summed E-state index contributed by atoms with van der Waals surface area (Å²) in [5.74, 6) is 1.70. The van der Waals surface area contributed by atoms with Crippen molar-refractivity contribution in [1.82, 2.24) is 14.5 Å². The smallest absolute Gasteiger partial charge is 0.305 e. The molecule has 0 amide bonds. The summed E-state index contributed by atoms with van der Waals surface area (Å²) < 4.78 is 13.6. The van der Waals surface area contributed by atoms with Crippen LogP contribution in [0.4, 0.5) is 0 Å². The molecule has 3 aliphatic carbocycles. The molecule has 7 nitrogen and oxygen atoms in total. The second-order valence-corrected chi connectivity index (χ2v) is 16.4. The van der Waals surface area contributed by atoms with Crippen molar-refractivity contribution in [2.45, 2.75) is 200 Å². The highest BCUT2D eigenvalue weighted by Crippen LogP contribution is 2.64. The van der Waals surface area contributed by atoms with E-state index in [1.54, 1.807) is 0 Å². The van der Waals surface area contributed by atoms with E-state index in [4.69, 9.17) is 9.47 Å². The quantitative estimate of drug-likeness (QED) is 0.0426. The van der Waals surface area contributed by atoms with E-state index in [-0.39, 0.29) is 5.97 Å². The van der Waals surface area contributed by atoms with Gasteiger partial charge in [-0.2, -0.15) is 0 Å². The van der Waals surface area contributed by atoms with Crippen LogP contribution >= 0.6 is 0 Å². The Bertz CT molecular complexity index is 912. The zero-order valence-corrected chi connectivity index (χ0v) is 32.8. The van der Waals surface area contributed by atoms with Crippen LogP contribution in [0, 0.1) is 17.3 Å². The average Bonchev–Trinajstić information content (AvgIpc) is 3.59. The number of imidazole rings is 1. The number of hydrogen-bond acceptors (Lipinski definition) is 6. The van der Waals surface area contributed by atoms with Gasteiger partial charge in [-0.3, -0.25) is 4.79 Å². The summed E-state index contributed by atoms with van der Waals surface area (Å²) in [4.78, 5) is 19.3. The Hall–Kier alpha value is -1.44. The third-order valence-electron chi connectivity index (χ3n) is 11.7. The Balaban J connectivity index is 1.18. The predicted octanol–water partition coefficient (Wildman–Crippen LogP) is 10.9. The number of esters is 1. The number of rotatable bonds is 36. The Morgan fingerprint density at radius 2 is 1.36 bits per heavy atom. The number of unbranched alkanes of at least 4 members (excludes halogenated alkanes) is 14. The molecule has 0 saturated heterocycles. The Kier molecular flexibility index (Phi) is 23.4. The van der Waals surface area contributed by atoms with E-state index < -0.39 is 6.29 Å². The van der Waals surface area contributed by atoms with Crippen LogP contribution in [0.25, 0.3) is 0 Å². The summed E-state index contributed by atoms with van der Waals surface area (Å²) in [6.07, 6.45) is 37.7. The number of aliphatic hydroxyl groups excluding tert-OH is 1. The Morgan fingerprint density at radius 3 is 1.96 bits per heavy atom. The predicted molar refractivity (Wildman–Crippen MR) is 207 cm³/mol. The summed E-state index contributed by atoms with van der Waals surface area (Å²) in [5.41, 5.74) is 0.454. The number of hydrogen-bond donors (Lipinski definition) is 1. The summed E-state index contributed by atoms with van der Waals surface area (Å²) in [6, 6.07) is 0. The first-order chi connectivity index (χ1) is 24.5. The molecule has 0 aliphatic heterocycles. The van der Waals surface area contributed by atoms with Crippen molar-refractivity contribution >= 4 is 5.97 Å². The monoisotopic (exact) mass is 702 g/mol. The van der Waals surface area contributed by atoms with Crippen LogP contribution in [0.3, 0.4) is 0 Å². The lowest BCUT2D eigenvalue weighted by molar-refractivity contribution is -0.203. The molecule has 1 N–H and O–H groups in total. The van der Waals surface area contributed by atoms with Gasteiger partial charge in [0, 0.05) is 25.4 Å². The maximum atomic E-state index is 12.4. The zero-order valence-electron chi connectivity index (χ0n) is 32.8. The average molecular weight is 702 g/mol. The molecule has 1 aromatic rings. The lowest BCUT2D eigenvalue weighted by atomic mass is 9.45. The first-order valence-corrected chi connectivity index (χ1v) is 21.7. The van der Waals surface area contributed by atoms with Crippen molar-refractivity contribution in [2.75, 3.05) is 32.8 Å². The minimum Gasteiger partial charge on any atom is -0.466 e. The number of aliphatic hydroxyl groups is 1. The van der Waals surface area contributed by atoms with Gasteiger partial charge in [0.15, 0.2) is 6.29 Å². The fourth-order valence-corrected chi connectivity index (χ4v) is 8.31. The molecular formula is C43H79N3O4. The molecule has 0 spiro atoms. The summed E-state index contributed by atoms with van der Waals surface area (Å²) in [5, 5.41) is 10.2. The third-order valence-corrected chi connectivity index (χ3v) is 11.7. The van der Waals surface area contributed by atoms with E-state index >= 15 is 0 Å². The molecular weight excluding hydrogens is 622 g/mol. The third kappa shape index (κ3) is 19.4. The Labute approximate surface area is 308 Å². The molecule has 4 rings (SSSR count). The van der Waals surface area contributed by atoms with Crippen LogP contribution in [0.2, 0.25) is 0 Å². The number of ether oxygens (including phenoxy) is 2. The fourth-order valence-electron chi connectivity index (χ4n) is 8.31. The van der Waals surface area contributed by atoms with Gasteiger partial charge in [-0.25, -0.2) is 4.98 Å². The van der Waals surface area contributed by atoms with Crippen LogP contribution in [0.5, 0.6) is 0 Å². The van der Waals surface area contributed by atoms with Crippen molar-refractivity contribution in [2.24, 2.45) is 17.3 Å². The minimum absolute atomic E-state index is 0.00856. The summed E-state index contributed by atoms with van der Waals surface area (Å²) in [6.45, 7) is 10.4. The van der Waals surface area contributed by atoms with Crippen molar-refractivity contribution in [3.05, 3.63) is 18.7 Å². The lowest BCUT2D eigenvalue weighted by Crippen LogP contribution is -2.54. The number of aryl methyl sites for hydroxylation is 1. The maximum absolute atomic E-state index is 12.4. The van der Waals surface area contributed by atoms with Gasteiger partial charge >= 0.3 is 5.97 Å². The molecule has 290 valence electrons. The van der Waals surface area contributed by atoms with Crippen LogP contribution in [-0.4, -0.2) is 64.7 Å². The molecule has 3 saturated carbocycles. The van der Waals surface area contributed by atoms with Crippen molar-refractivity contribution in [3.63, 3.8) is 0 Å². The van der Waals surface area contributed by atoms with Gasteiger partial charge < -0.3 is 24.0 Å². The normalized spacial score (nSPS) is 18.8. The fraction of sp³-hybridized carbons (Fsp3) is 0.907. The number of aromatic nitrogens is 2. The molecule has 0 aromatic carbocycles. The van der Waals surface area contributed by atoms with Gasteiger partial charge in [0.05, 0.1) is 19.5 Å². The molecule has 1 atom stereocenters. The van der Waals surface area contributed by atoms with E-state index in [1.807, 2.05) is 12.5 Å². The van der Waals surface area contributed by atoms with E-state index in [2.05, 4.69) is 34.5 Å². The number of carbonyl (C=O) groups excluding carboxylic acids is 1. The minimum atomic E-state index is -0.568. The highest BCUT2D eigenvalue weighted by molar-refractivity contribution is 5.69. The second kappa shape index (κ2) is 27.2. The topological polar surface area (TPSA) is 76.8 Å². The first kappa shape index (κ1) is 43.0. The van der Waals surface area contributed by atoms with Crippen molar-refractivity contribution in [3.8, 4) is 0 Å². The van der Waals surface area contributed by atoms with Crippen molar-refractivity contribution in [1.29, 1.82) is 0 Å². The molecule has 2 bridgehead atoms. The lowest BCUT2D eigenvalue weighted by Gasteiger charge is -2.61. The van der Waals surface area contributed by atoms with Gasteiger partial charge in [0.1, 0.15) is 0 Å². The Morgan fingerprint density at radius 1 is 0.780 bits per heavy atom. The number of carbonyl (C=O) groups is 1. The maximum Gasteiger partial charge on any atom is 0.305 e. The molecule has 50 heavy (non-hydrogen) atoms. The molecule has 1 heterocycles. The standard InChI is InChI=1S/C43H79N3O4/c1-3-5-7-15-22-39(23-16-8-6-4-2)26-33-49-41(47)24-17-11-9-13-19-28-45(30-21-31-46-32-27-44-38-46)29-20-14-10-12-18-25-42(48)50-37-43-34-40(35-43)36-43/h27,32,38-40,42,48H,3-26,28-31,33-37H2,1-2H3. The van der Waals surface area contributed by atoms with Crippen LogP contribution in [0.15, 0.2) is 18.7 Å². The molecule has 3 fully saturated rings. The zero-order chi connectivity index (χ0) is 35.5. The van der Waals surface area contributed by atoms with Crippen LogP contribution in [-0.2, 0) is 20.8 Å². The van der Waals surface area contributed by atoms with Crippen LogP contribution in [0.1, 0.15) is 187 Å². The molecule has 0 radical (unpaired) electrons. The van der Waals surface area contributed by atoms with Gasteiger partial charge in [-0.1, -0.05) is 117 Å². The highest BCUT2D eigenvalue weighted by Gasteiger charge is 2.56. The second-order valence-electron chi connectivity index (χ2n) is 16.4. The van der Waals surface area contributed by atoms with Gasteiger partial charge in [0.25, 0.3) is 0 Å². The van der Waals surface area contributed by atoms with Gasteiger partial charge in [0.2, 0.25) is 0 Å². The highest BCUT2D eigenvalue weighted by atomic mass is 16.6. The van der Waals surface area contributed by atoms with E-state index in [0.29, 0.717) is 18.4 Å². The van der Waals surface area contributed by atoms with E-state index in [0.717, 1.165) is 76.6 Å². The van der Waals surface area contributed by atoms with E-state index in [1.165, 1.54) is 135 Å². The van der Waals surface area contributed by atoms with Gasteiger partial charge in [-0.15, -0.1) is 0 Å². The summed E-state index contributed by atoms with van der Waals surface area (Å²) >= 11 is 0. The first-order valence-electron chi connectivity index (χ1n) is 21.7. The number of nitrogens with zero attached hydrogens (tertiary/aromatic N) is 3. The summed E-state index contributed by atoms with van der Waals surface area (Å²) in [7, 11) is 0. The molecule has 1 aromatic heterocycles. The van der Waals surface area contributed by atoms with Crippen molar-refractivity contribution < 1.29 is 19.4 Å². The molecule has 1 unspecified atom stereocenters. The largest absolute Gasteiger partial charge is 0.466 e. The molecule has 7 heteroatoms. The SMILES string of the molecule is CCCCCCC(CCCCCC)CCOC(=O)CCCCCCCN(CCCCCCCC(O)OCC12CC(C1)C2)CCCn1ccnc1. The van der Waals surface area contributed by atoms with Crippen LogP contribution < -0.4 is 0 Å².